The van der Waals surface area contributed by atoms with Crippen LogP contribution in [0.1, 0.15) is 51.2 Å². The number of carbonyl (C=O) groups excluding carboxylic acids is 2. The smallest absolute Gasteiger partial charge is 0.242 e. The van der Waals surface area contributed by atoms with E-state index in [1.807, 2.05) is 45.0 Å². The fraction of sp³-hybridized carbons (Fsp3) is 0.462. The van der Waals surface area contributed by atoms with Gasteiger partial charge in [-0.2, -0.15) is 0 Å². The molecule has 0 radical (unpaired) electrons. The third-order valence-corrected chi connectivity index (χ3v) is 7.83. The highest BCUT2D eigenvalue weighted by Gasteiger charge is 2.27. The van der Waals surface area contributed by atoms with E-state index in [0.29, 0.717) is 13.0 Å². The van der Waals surface area contributed by atoms with Crippen molar-refractivity contribution in [3.8, 4) is 0 Å². The first-order valence-electron chi connectivity index (χ1n) is 11.7. The molecule has 2 rings (SSSR count). The van der Waals surface area contributed by atoms with Crippen molar-refractivity contribution in [2.24, 2.45) is 0 Å². The van der Waals surface area contributed by atoms with Crippen LogP contribution in [0.3, 0.4) is 0 Å². The number of benzene rings is 2. The number of hydrogen-bond acceptors (Lipinski definition) is 4. The average Bonchev–Trinajstić information content (AvgIpc) is 2.83. The second kappa shape index (κ2) is 12.7. The van der Waals surface area contributed by atoms with Gasteiger partial charge >= 0.3 is 0 Å². The summed E-state index contributed by atoms with van der Waals surface area (Å²) in [6.45, 7) is 8.16. The molecule has 0 spiro atoms. The molecule has 0 unspecified atom stereocenters. The highest BCUT2D eigenvalue weighted by atomic mass is 32.2. The van der Waals surface area contributed by atoms with E-state index in [4.69, 9.17) is 0 Å². The first kappa shape index (κ1) is 27.5. The highest BCUT2D eigenvalue weighted by Crippen LogP contribution is 2.16. The molecule has 0 saturated carbocycles. The monoisotopic (exact) mass is 487 g/mol. The Hall–Kier alpha value is -2.71. The molecule has 0 aliphatic rings. The van der Waals surface area contributed by atoms with Crippen molar-refractivity contribution in [2.45, 2.75) is 70.5 Å². The lowest BCUT2D eigenvalue weighted by Crippen LogP contribution is -2.49. The highest BCUT2D eigenvalue weighted by molar-refractivity contribution is 7.89. The topological polar surface area (TPSA) is 86.8 Å². The number of sulfonamides is 1. The fourth-order valence-electron chi connectivity index (χ4n) is 3.43. The molecule has 2 amide bonds. The molecule has 8 heteroatoms. The van der Waals surface area contributed by atoms with E-state index in [2.05, 4.69) is 5.32 Å². The third-order valence-electron chi connectivity index (χ3n) is 5.96. The van der Waals surface area contributed by atoms with Crippen LogP contribution >= 0.6 is 0 Å². The Kier molecular flexibility index (Phi) is 10.3. The lowest BCUT2D eigenvalue weighted by molar-refractivity contribution is -0.141. The first-order valence-corrected chi connectivity index (χ1v) is 13.2. The van der Waals surface area contributed by atoms with Gasteiger partial charge in [0, 0.05) is 32.6 Å². The van der Waals surface area contributed by atoms with E-state index in [1.165, 1.54) is 11.4 Å². The van der Waals surface area contributed by atoms with E-state index in [9.17, 15) is 18.0 Å². The van der Waals surface area contributed by atoms with E-state index in [-0.39, 0.29) is 35.7 Å². The minimum atomic E-state index is -3.61. The van der Waals surface area contributed by atoms with Crippen molar-refractivity contribution in [3.63, 3.8) is 0 Å². The van der Waals surface area contributed by atoms with Gasteiger partial charge in [0.15, 0.2) is 0 Å². The fourth-order valence-corrected chi connectivity index (χ4v) is 4.66. The van der Waals surface area contributed by atoms with Crippen molar-refractivity contribution in [1.29, 1.82) is 0 Å². The van der Waals surface area contributed by atoms with Gasteiger partial charge in [-0.15, -0.1) is 0 Å². The van der Waals surface area contributed by atoms with Crippen LogP contribution in [0.5, 0.6) is 0 Å². The molecule has 34 heavy (non-hydrogen) atoms. The van der Waals surface area contributed by atoms with Crippen LogP contribution in [0.25, 0.3) is 0 Å². The van der Waals surface area contributed by atoms with Crippen molar-refractivity contribution >= 4 is 21.8 Å². The summed E-state index contributed by atoms with van der Waals surface area (Å²) in [6, 6.07) is 15.5. The summed E-state index contributed by atoms with van der Waals surface area (Å²) in [7, 11) is -2.10. The lowest BCUT2D eigenvalue weighted by Gasteiger charge is -2.30. The van der Waals surface area contributed by atoms with Gasteiger partial charge in [-0.05, 0) is 51.3 Å². The number of carbonyl (C=O) groups is 2. The van der Waals surface area contributed by atoms with Gasteiger partial charge in [0.1, 0.15) is 6.04 Å². The predicted octanol–water partition coefficient (Wildman–Crippen LogP) is 3.73. The Labute approximate surface area is 204 Å². The molecule has 0 bridgehead atoms. The second-order valence-electron chi connectivity index (χ2n) is 8.74. The Morgan fingerprint density at radius 3 is 2.21 bits per heavy atom. The Morgan fingerprint density at radius 2 is 1.62 bits per heavy atom. The largest absolute Gasteiger partial charge is 0.352 e. The Morgan fingerprint density at radius 1 is 1.00 bits per heavy atom. The normalized spacial score (nSPS) is 13.4. The molecule has 186 valence electrons. The van der Waals surface area contributed by atoms with E-state index >= 15 is 0 Å². The number of nitrogens with one attached hydrogen (secondary N) is 1. The molecular weight excluding hydrogens is 450 g/mol. The minimum absolute atomic E-state index is 0.0168. The molecule has 2 aromatic rings. The van der Waals surface area contributed by atoms with E-state index < -0.39 is 16.1 Å². The summed E-state index contributed by atoms with van der Waals surface area (Å²) in [5.74, 6) is -0.378. The van der Waals surface area contributed by atoms with Crippen LogP contribution in [0.15, 0.2) is 59.5 Å². The molecule has 7 nitrogen and oxygen atoms in total. The summed E-state index contributed by atoms with van der Waals surface area (Å²) in [5, 5.41) is 2.95. The standard InChI is InChI=1S/C26H37N3O4S/c1-6-21(3)27-26(31)22(4)29(19-23-16-14-20(2)15-17-23)25(30)13-10-18-28(5)34(32,33)24-11-8-7-9-12-24/h7-9,11-12,14-17,21-22H,6,10,13,18-19H2,1-5H3,(H,27,31)/t21-,22-/m0/s1. The van der Waals surface area contributed by atoms with Crippen molar-refractivity contribution in [2.75, 3.05) is 13.6 Å². The molecule has 0 fully saturated rings. The zero-order chi connectivity index (χ0) is 25.3. The van der Waals surface area contributed by atoms with Crippen LogP contribution < -0.4 is 5.32 Å². The summed E-state index contributed by atoms with van der Waals surface area (Å²) in [6.07, 6.45) is 1.29. The summed E-state index contributed by atoms with van der Waals surface area (Å²) >= 11 is 0. The van der Waals surface area contributed by atoms with Crippen LogP contribution in [0.4, 0.5) is 0 Å². The summed E-state index contributed by atoms with van der Waals surface area (Å²) in [4.78, 5) is 27.8. The number of aryl methyl sites for hydroxylation is 1. The van der Waals surface area contributed by atoms with Gasteiger partial charge < -0.3 is 10.2 Å². The van der Waals surface area contributed by atoms with Gasteiger partial charge in [0.05, 0.1) is 4.90 Å². The van der Waals surface area contributed by atoms with Crippen LogP contribution in [0, 0.1) is 6.92 Å². The van der Waals surface area contributed by atoms with Gasteiger partial charge in [-0.1, -0.05) is 55.0 Å². The first-order chi connectivity index (χ1) is 16.1. The number of nitrogens with zero attached hydrogens (tertiary/aromatic N) is 2. The number of rotatable bonds is 12. The molecular formula is C26H37N3O4S. The number of hydrogen-bond donors (Lipinski definition) is 1. The predicted molar refractivity (Wildman–Crippen MR) is 135 cm³/mol. The molecule has 2 aromatic carbocycles. The maximum Gasteiger partial charge on any atom is 0.242 e. The van der Waals surface area contributed by atoms with Gasteiger partial charge in [0.25, 0.3) is 0 Å². The quantitative estimate of drug-likeness (QED) is 0.494. The Bertz CT molecular complexity index is 1040. The summed E-state index contributed by atoms with van der Waals surface area (Å²) < 4.78 is 26.7. The summed E-state index contributed by atoms with van der Waals surface area (Å²) in [5.41, 5.74) is 2.05. The average molecular weight is 488 g/mol. The maximum absolute atomic E-state index is 13.2. The van der Waals surface area contributed by atoms with Crippen LogP contribution in [-0.2, 0) is 26.2 Å². The van der Waals surface area contributed by atoms with Crippen LogP contribution in [-0.4, -0.2) is 55.1 Å². The second-order valence-corrected chi connectivity index (χ2v) is 10.8. The number of amides is 2. The van der Waals surface area contributed by atoms with Gasteiger partial charge in [0.2, 0.25) is 21.8 Å². The van der Waals surface area contributed by atoms with Crippen molar-refractivity contribution < 1.29 is 18.0 Å². The molecule has 0 aliphatic heterocycles. The molecule has 0 saturated heterocycles. The van der Waals surface area contributed by atoms with Gasteiger partial charge in [-0.25, -0.2) is 12.7 Å². The van der Waals surface area contributed by atoms with E-state index in [1.54, 1.807) is 42.2 Å². The van der Waals surface area contributed by atoms with Crippen molar-refractivity contribution in [3.05, 3.63) is 65.7 Å². The third kappa shape index (κ3) is 7.67. The molecule has 0 aliphatic carbocycles. The zero-order valence-corrected chi connectivity index (χ0v) is 21.6. The van der Waals surface area contributed by atoms with Crippen LogP contribution in [0.2, 0.25) is 0 Å². The lowest BCUT2D eigenvalue weighted by atomic mass is 10.1. The molecule has 1 N–H and O–H groups in total. The SMILES string of the molecule is CC[C@H](C)NC(=O)[C@H](C)N(Cc1ccc(C)cc1)C(=O)CCCN(C)S(=O)(=O)c1ccccc1. The van der Waals surface area contributed by atoms with E-state index in [0.717, 1.165) is 17.5 Å². The Balaban J connectivity index is 2.08. The van der Waals surface area contributed by atoms with Gasteiger partial charge in [-0.3, -0.25) is 9.59 Å². The maximum atomic E-state index is 13.2. The minimum Gasteiger partial charge on any atom is -0.352 e. The molecule has 2 atom stereocenters. The van der Waals surface area contributed by atoms with Crippen molar-refractivity contribution in [1.82, 2.24) is 14.5 Å². The molecule has 0 heterocycles. The zero-order valence-electron chi connectivity index (χ0n) is 20.8. The molecule has 0 aromatic heterocycles.